The first kappa shape index (κ1) is 83.0. The normalized spacial score (nSPS) is 12.8. The van der Waals surface area contributed by atoms with Gasteiger partial charge in [-0.15, -0.1) is 0 Å². The van der Waals surface area contributed by atoms with Crippen LogP contribution in [0.5, 0.6) is 11.5 Å². The summed E-state index contributed by atoms with van der Waals surface area (Å²) in [5.41, 5.74) is 7.63. The van der Waals surface area contributed by atoms with Crippen LogP contribution in [0.3, 0.4) is 0 Å². The van der Waals surface area contributed by atoms with Crippen molar-refractivity contribution < 1.29 is 38.2 Å². The lowest BCUT2D eigenvalue weighted by Gasteiger charge is -2.33. The number of nitrogens with zero attached hydrogens (tertiary/aromatic N) is 11. The van der Waals surface area contributed by atoms with Gasteiger partial charge in [-0.3, -0.25) is 47.5 Å². The molecule has 0 saturated carbocycles. The van der Waals surface area contributed by atoms with E-state index in [0.717, 1.165) is 119 Å². The number of para-hydroxylation sites is 10. The van der Waals surface area contributed by atoms with Gasteiger partial charge in [0, 0.05) is 94.0 Å². The van der Waals surface area contributed by atoms with E-state index < -0.39 is 63.2 Å². The Hall–Kier alpha value is -19.7. The molecule has 0 atom stereocenters. The summed E-state index contributed by atoms with van der Waals surface area (Å²) in [6.07, 6.45) is 1.82. The minimum Gasteiger partial charge on any atom is -0.421 e. The van der Waals surface area contributed by atoms with Gasteiger partial charge >= 0.3 is 11.9 Å². The average molecular weight is 1850 g/mol. The number of benzene rings is 17. The molecule has 26 rings (SSSR count). The quantitative estimate of drug-likeness (QED) is 0.0356. The molecule has 0 unspecified atom stereocenters. The zero-order chi connectivity index (χ0) is 96.3. The van der Waals surface area contributed by atoms with Gasteiger partial charge in [-0.1, -0.05) is 233 Å². The number of aromatic nitrogens is 9. The Kier molecular flexibility index (Phi) is 18.2. The van der Waals surface area contributed by atoms with Gasteiger partial charge in [-0.05, 0) is 163 Å². The molecule has 0 saturated heterocycles. The Balaban J connectivity index is 0.597. The smallest absolute Gasteiger partial charge is 0.335 e. The fraction of sp³-hybridized carbons (Fsp3) is 0.0252. The largest absolute Gasteiger partial charge is 0.421 e. The summed E-state index contributed by atoms with van der Waals surface area (Å²) in [4.78, 5) is 168. The van der Waals surface area contributed by atoms with E-state index in [4.69, 9.17) is 19.4 Å². The Morgan fingerprint density at radius 3 is 0.965 bits per heavy atom. The first-order valence-electron chi connectivity index (χ1n) is 46.0. The Morgan fingerprint density at radius 2 is 0.585 bits per heavy atom. The minimum atomic E-state index is -1.33. The molecule has 17 aromatic carbocycles. The van der Waals surface area contributed by atoms with Crippen LogP contribution in [0.25, 0.3) is 182 Å². The van der Waals surface area contributed by atoms with Crippen molar-refractivity contribution in [2.45, 2.75) is 19.3 Å². The van der Waals surface area contributed by atoms with E-state index >= 15 is 38.4 Å². The number of anilines is 2. The summed E-state index contributed by atoms with van der Waals surface area (Å²) < 4.78 is 24.1. The van der Waals surface area contributed by atoms with Crippen LogP contribution in [0.4, 0.5) is 11.4 Å². The molecular weight excluding hydrogens is 1780 g/mol. The zero-order valence-electron chi connectivity index (χ0n) is 75.5. The molecule has 24 aromatic rings. The van der Waals surface area contributed by atoms with E-state index in [-0.39, 0.29) is 88.8 Å². The zero-order valence-corrected chi connectivity index (χ0v) is 75.5. The lowest BCUT2D eigenvalue weighted by Crippen LogP contribution is -2.43. The number of imidazole rings is 2. The van der Waals surface area contributed by atoms with Gasteiger partial charge in [-0.2, -0.15) is 0 Å². The molecular formula is C119H71N11O12. The topological polar surface area (TPSA) is 256 Å². The summed E-state index contributed by atoms with van der Waals surface area (Å²) in [6, 6.07) is 110. The van der Waals surface area contributed by atoms with Gasteiger partial charge in [0.15, 0.2) is 11.5 Å². The van der Waals surface area contributed by atoms with Crippen LogP contribution in [0.1, 0.15) is 66.4 Å². The molecule has 0 N–H and O–H groups in total. The summed E-state index contributed by atoms with van der Waals surface area (Å²) >= 11 is 0. The molecule has 142 heavy (non-hydrogen) atoms. The highest BCUT2D eigenvalue weighted by atomic mass is 16.5. The molecule has 2 aliphatic heterocycles. The molecule has 0 aliphatic carbocycles. The molecule has 4 amide bonds. The van der Waals surface area contributed by atoms with Crippen molar-refractivity contribution in [1.29, 1.82) is 0 Å². The molecule has 23 nitrogen and oxygen atoms in total. The molecule has 7 aromatic heterocycles. The maximum Gasteiger partial charge on any atom is 0.335 e. The first-order chi connectivity index (χ1) is 69.3. The van der Waals surface area contributed by atoms with Gasteiger partial charge in [0.1, 0.15) is 17.3 Å². The van der Waals surface area contributed by atoms with Gasteiger partial charge in [0.2, 0.25) is 0 Å². The predicted octanol–water partition coefficient (Wildman–Crippen LogP) is 22.5. The molecule has 0 fully saturated rings. The van der Waals surface area contributed by atoms with E-state index in [9.17, 15) is 9.59 Å². The van der Waals surface area contributed by atoms with Crippen LogP contribution in [-0.4, -0.2) is 77.5 Å². The second kappa shape index (κ2) is 31.2. The SMILES string of the molecule is C=CC(=O)Oc1ccc(C(C)(C)c2ccc(OC(=O)C=C)c(-n3c(=O)c4cc5c(=O)n(-c6c(-n7c8ccccc8c8ccccc87)cc(-n7c8ccccc8c8ccccc87)cc6-n6c7ccccc7c7ccccc76)c(=O)c5cc4c3=O)c2)cc1N1C(=O)c2ccc3c4c(ccc(c24)C1=O)C(=O)N(c1cc(-n2c(-c4ccccc4)nc4ccccc42)cc(-n2c(-c4ccccc4)nc4ccccc42)c1)C3=O. The van der Waals surface area contributed by atoms with Crippen molar-refractivity contribution in [1.82, 2.24) is 41.9 Å². The number of carbonyl (C=O) groups is 6. The van der Waals surface area contributed by atoms with Crippen molar-refractivity contribution in [3.63, 3.8) is 0 Å². The van der Waals surface area contributed by atoms with E-state index in [1.807, 2.05) is 258 Å². The minimum absolute atomic E-state index is 0.00882. The monoisotopic (exact) mass is 1850 g/mol. The van der Waals surface area contributed by atoms with Gasteiger partial charge in [0.25, 0.3) is 45.9 Å². The number of hydrogen-bond donors (Lipinski definition) is 0. The molecule has 0 spiro atoms. The maximum atomic E-state index is 16.6. The Morgan fingerprint density at radius 1 is 0.275 bits per heavy atom. The lowest BCUT2D eigenvalue weighted by molar-refractivity contribution is -0.129. The number of hydrogen-bond acceptors (Lipinski definition) is 14. The highest BCUT2D eigenvalue weighted by Gasteiger charge is 2.44. The molecule has 9 heterocycles. The number of ether oxygens (including phenoxy) is 2. The Bertz CT molecular complexity index is 9530. The molecule has 2 aliphatic rings. The van der Waals surface area contributed by atoms with E-state index in [1.54, 1.807) is 38.1 Å². The number of rotatable bonds is 17. The summed E-state index contributed by atoms with van der Waals surface area (Å²) in [5.74, 6) is -4.62. The standard InChI is InChI=1S/C119H71N11O12/c1-5-104(131)141-102-55-49-68(57-98(102)128-113(135)82-53-51-80-106-81(52-54-83(107(82)106)114(128)136)112(134)125(111(80)133)72-60-70(123-96-47-27-19-39-88(96)120-109(123)66-29-9-7-10-30-66)59-71(61-72)124-97-48-28-20-40-89(97)121-110(124)67-31-11-8-12-32-67)119(3,4)69-50-56-103(142-105(132)6-2)99(58-69)129-115(137)84-64-86-87(65-85(84)116(129)138)118(140)130(117(86)139)108-100(126-92-43-23-15-35-76(92)77-36-16-24-44-93(77)126)62-73(122-90-41-21-13-33-74(90)75-34-14-22-42-91(75)122)63-101(108)127-94-45-25-17-37-78(94)79-38-18-26-46-95(79)127/h5-65H,1-2H2,3-4H3. The fourth-order valence-corrected chi connectivity index (χ4v) is 21.5. The number of fused-ring (bicyclic) bond motifs is 13. The van der Waals surface area contributed by atoms with Crippen LogP contribution >= 0.6 is 0 Å². The Labute approximate surface area is 803 Å². The highest BCUT2D eigenvalue weighted by molar-refractivity contribution is 6.42. The third kappa shape index (κ3) is 12.1. The molecule has 23 heteroatoms. The van der Waals surface area contributed by atoms with Crippen molar-refractivity contribution >= 4 is 167 Å². The summed E-state index contributed by atoms with van der Waals surface area (Å²) in [5, 5.41) is 4.86. The average Bonchev–Trinajstić information content (AvgIpc) is 0.953. The number of carbonyl (C=O) groups excluding carboxylic acids is 6. The first-order valence-corrected chi connectivity index (χ1v) is 46.0. The van der Waals surface area contributed by atoms with Crippen LogP contribution in [0.15, 0.2) is 402 Å². The van der Waals surface area contributed by atoms with E-state index in [2.05, 4.69) is 51.1 Å². The van der Waals surface area contributed by atoms with Crippen molar-refractivity contribution in [2.24, 2.45) is 0 Å². The summed E-state index contributed by atoms with van der Waals surface area (Å²) in [7, 11) is 0. The number of imide groups is 2. The van der Waals surface area contributed by atoms with Crippen LogP contribution in [-0.2, 0) is 15.0 Å². The third-order valence-corrected chi connectivity index (χ3v) is 28.0. The molecule has 0 bridgehead atoms. The third-order valence-electron chi connectivity index (χ3n) is 28.0. The van der Waals surface area contributed by atoms with Crippen LogP contribution in [0.2, 0.25) is 0 Å². The van der Waals surface area contributed by atoms with Gasteiger partial charge in [0.05, 0.1) is 122 Å². The van der Waals surface area contributed by atoms with Gasteiger partial charge < -0.3 is 23.2 Å². The lowest BCUT2D eigenvalue weighted by atomic mass is 9.77. The van der Waals surface area contributed by atoms with Crippen LogP contribution in [0, 0.1) is 0 Å². The van der Waals surface area contributed by atoms with Crippen LogP contribution < -0.4 is 41.5 Å². The van der Waals surface area contributed by atoms with Crippen molar-refractivity contribution in [3.8, 4) is 74.1 Å². The summed E-state index contributed by atoms with van der Waals surface area (Å²) in [6.45, 7) is 10.8. The number of esters is 2. The highest BCUT2D eigenvalue weighted by Crippen LogP contribution is 2.49. The van der Waals surface area contributed by atoms with E-state index in [1.165, 1.54) is 60.7 Å². The van der Waals surface area contributed by atoms with Crippen molar-refractivity contribution in [2.75, 3.05) is 9.80 Å². The maximum absolute atomic E-state index is 16.6. The second-order valence-corrected chi connectivity index (χ2v) is 35.9. The van der Waals surface area contributed by atoms with E-state index in [0.29, 0.717) is 62.2 Å². The molecule has 674 valence electrons. The predicted molar refractivity (Wildman–Crippen MR) is 554 cm³/mol. The van der Waals surface area contributed by atoms with Gasteiger partial charge in [-0.25, -0.2) is 38.5 Å². The number of amides is 4. The fourth-order valence-electron chi connectivity index (χ4n) is 21.5. The van der Waals surface area contributed by atoms with Crippen molar-refractivity contribution in [3.05, 3.63) is 458 Å². The second-order valence-electron chi connectivity index (χ2n) is 35.9. The molecule has 0 radical (unpaired) electrons.